The summed E-state index contributed by atoms with van der Waals surface area (Å²) in [7, 11) is 0. The highest BCUT2D eigenvalue weighted by Crippen LogP contribution is 2.39. The molecule has 0 amide bonds. The standard InChI is InChI=1S/C13H17ClS/c1-2-11(14)7-8-12-9-10-5-3-4-6-13(10)15-12/h3-6,11-12H,2,7-9H2,1H3. The SMILES string of the molecule is CCC(Cl)CCC1Cc2ccccc2S1. The van der Waals surface area contributed by atoms with Crippen molar-refractivity contribution in [3.05, 3.63) is 29.8 Å². The van der Waals surface area contributed by atoms with Gasteiger partial charge in [-0.1, -0.05) is 25.1 Å². The topological polar surface area (TPSA) is 0 Å². The molecule has 0 nitrogen and oxygen atoms in total. The van der Waals surface area contributed by atoms with E-state index < -0.39 is 0 Å². The number of alkyl halides is 1. The summed E-state index contributed by atoms with van der Waals surface area (Å²) in [6.45, 7) is 2.16. The van der Waals surface area contributed by atoms with Crippen molar-refractivity contribution in [2.24, 2.45) is 0 Å². The Morgan fingerprint density at radius 2 is 2.27 bits per heavy atom. The second kappa shape index (κ2) is 5.27. The summed E-state index contributed by atoms with van der Waals surface area (Å²) in [6.07, 6.45) is 4.73. The smallest absolute Gasteiger partial charge is 0.0333 e. The third-order valence-corrected chi connectivity index (χ3v) is 4.87. The summed E-state index contributed by atoms with van der Waals surface area (Å²) in [6, 6.07) is 8.75. The zero-order valence-corrected chi connectivity index (χ0v) is 10.7. The second-order valence-corrected chi connectivity index (χ2v) is 6.09. The Kier molecular flexibility index (Phi) is 3.99. The monoisotopic (exact) mass is 240 g/mol. The Morgan fingerprint density at radius 1 is 1.47 bits per heavy atom. The van der Waals surface area contributed by atoms with Crippen LogP contribution in [0.1, 0.15) is 31.7 Å². The van der Waals surface area contributed by atoms with Crippen LogP contribution >= 0.6 is 23.4 Å². The third-order valence-electron chi connectivity index (χ3n) is 2.96. The fourth-order valence-corrected chi connectivity index (χ4v) is 3.45. The predicted octanol–water partition coefficient (Wildman–Crippen LogP) is 4.50. The molecule has 0 radical (unpaired) electrons. The van der Waals surface area contributed by atoms with Gasteiger partial charge < -0.3 is 0 Å². The first kappa shape index (κ1) is 11.3. The number of hydrogen-bond donors (Lipinski definition) is 0. The number of thioether (sulfide) groups is 1. The van der Waals surface area contributed by atoms with E-state index in [2.05, 4.69) is 31.2 Å². The highest BCUT2D eigenvalue weighted by molar-refractivity contribution is 8.00. The van der Waals surface area contributed by atoms with Gasteiger partial charge in [0, 0.05) is 15.5 Å². The average molecular weight is 241 g/mol. The number of rotatable bonds is 4. The van der Waals surface area contributed by atoms with E-state index >= 15 is 0 Å². The molecule has 1 aliphatic rings. The van der Waals surface area contributed by atoms with E-state index in [0.29, 0.717) is 5.38 Å². The molecule has 1 aliphatic heterocycles. The first-order chi connectivity index (χ1) is 7.29. The van der Waals surface area contributed by atoms with Gasteiger partial charge in [-0.2, -0.15) is 0 Å². The zero-order valence-electron chi connectivity index (χ0n) is 9.08. The van der Waals surface area contributed by atoms with Crippen molar-refractivity contribution >= 4 is 23.4 Å². The molecule has 2 rings (SSSR count). The minimum absolute atomic E-state index is 0.370. The third kappa shape index (κ3) is 2.92. The van der Waals surface area contributed by atoms with E-state index in [0.717, 1.165) is 18.1 Å². The Balaban J connectivity index is 1.85. The molecule has 0 fully saturated rings. The summed E-state index contributed by atoms with van der Waals surface area (Å²) >= 11 is 8.18. The highest BCUT2D eigenvalue weighted by Gasteiger charge is 2.21. The number of hydrogen-bond acceptors (Lipinski definition) is 1. The molecule has 0 aliphatic carbocycles. The van der Waals surface area contributed by atoms with Crippen molar-refractivity contribution in [2.75, 3.05) is 0 Å². The van der Waals surface area contributed by atoms with Crippen molar-refractivity contribution < 1.29 is 0 Å². The van der Waals surface area contributed by atoms with E-state index in [9.17, 15) is 0 Å². The number of benzene rings is 1. The molecular weight excluding hydrogens is 224 g/mol. The lowest BCUT2D eigenvalue weighted by atomic mass is 10.1. The van der Waals surface area contributed by atoms with Gasteiger partial charge in [-0.25, -0.2) is 0 Å². The van der Waals surface area contributed by atoms with Crippen LogP contribution in [0.5, 0.6) is 0 Å². The lowest BCUT2D eigenvalue weighted by Gasteiger charge is -2.10. The van der Waals surface area contributed by atoms with Crippen molar-refractivity contribution in [1.29, 1.82) is 0 Å². The molecule has 0 saturated heterocycles. The van der Waals surface area contributed by atoms with Crippen molar-refractivity contribution in [2.45, 2.75) is 48.1 Å². The summed E-state index contributed by atoms with van der Waals surface area (Å²) < 4.78 is 0. The normalized spacial score (nSPS) is 21.3. The molecule has 2 atom stereocenters. The van der Waals surface area contributed by atoms with E-state index in [-0.39, 0.29) is 0 Å². The molecule has 2 heteroatoms. The molecule has 0 bridgehead atoms. The molecule has 0 aromatic heterocycles. The van der Waals surface area contributed by atoms with Crippen molar-refractivity contribution in [1.82, 2.24) is 0 Å². The fourth-order valence-electron chi connectivity index (χ4n) is 1.99. The molecular formula is C13H17ClS. The quantitative estimate of drug-likeness (QED) is 0.699. The minimum atomic E-state index is 0.370. The summed E-state index contributed by atoms with van der Waals surface area (Å²) in [5, 5.41) is 1.13. The molecule has 0 N–H and O–H groups in total. The van der Waals surface area contributed by atoms with E-state index in [4.69, 9.17) is 11.6 Å². The number of fused-ring (bicyclic) bond motifs is 1. The summed E-state index contributed by atoms with van der Waals surface area (Å²) in [5.74, 6) is 0. The molecule has 0 spiro atoms. The fraction of sp³-hybridized carbons (Fsp3) is 0.538. The van der Waals surface area contributed by atoms with E-state index in [1.165, 1.54) is 23.3 Å². The van der Waals surface area contributed by atoms with Crippen molar-refractivity contribution in [3.8, 4) is 0 Å². The molecule has 1 aromatic carbocycles. The first-order valence-electron chi connectivity index (χ1n) is 5.68. The average Bonchev–Trinajstić information content (AvgIpc) is 2.68. The molecule has 0 saturated carbocycles. The van der Waals surface area contributed by atoms with Gasteiger partial charge in [0.25, 0.3) is 0 Å². The molecule has 82 valence electrons. The van der Waals surface area contributed by atoms with Gasteiger partial charge in [0.2, 0.25) is 0 Å². The summed E-state index contributed by atoms with van der Waals surface area (Å²) in [4.78, 5) is 1.48. The lowest BCUT2D eigenvalue weighted by molar-refractivity contribution is 0.654. The maximum atomic E-state index is 6.15. The van der Waals surface area contributed by atoms with Crippen LogP contribution in [0.4, 0.5) is 0 Å². The number of halogens is 1. The Bertz CT molecular complexity index is 299. The van der Waals surface area contributed by atoms with Crippen molar-refractivity contribution in [3.63, 3.8) is 0 Å². The van der Waals surface area contributed by atoms with Gasteiger partial charge in [-0.3, -0.25) is 0 Å². The maximum Gasteiger partial charge on any atom is 0.0333 e. The van der Waals surface area contributed by atoms with Crippen LogP contribution in [0.2, 0.25) is 0 Å². The van der Waals surface area contributed by atoms with E-state index in [1.54, 1.807) is 0 Å². The largest absolute Gasteiger partial charge is 0.123 e. The Morgan fingerprint density at radius 3 is 3.00 bits per heavy atom. The van der Waals surface area contributed by atoms with E-state index in [1.807, 2.05) is 11.8 Å². The van der Waals surface area contributed by atoms with Gasteiger partial charge in [-0.15, -0.1) is 23.4 Å². The van der Waals surface area contributed by atoms with Gasteiger partial charge in [0.15, 0.2) is 0 Å². The molecule has 2 unspecified atom stereocenters. The van der Waals surface area contributed by atoms with Gasteiger partial charge in [0.1, 0.15) is 0 Å². The van der Waals surface area contributed by atoms with Crippen LogP contribution in [-0.4, -0.2) is 10.6 Å². The van der Waals surface area contributed by atoms with Crippen LogP contribution in [-0.2, 0) is 6.42 Å². The molecule has 15 heavy (non-hydrogen) atoms. The van der Waals surface area contributed by atoms with Crippen LogP contribution in [0.25, 0.3) is 0 Å². The molecule has 1 heterocycles. The van der Waals surface area contributed by atoms with Crippen LogP contribution in [0, 0.1) is 0 Å². The van der Waals surface area contributed by atoms with Crippen LogP contribution < -0.4 is 0 Å². The van der Waals surface area contributed by atoms with Crippen LogP contribution in [0.3, 0.4) is 0 Å². The zero-order chi connectivity index (χ0) is 10.7. The lowest BCUT2D eigenvalue weighted by Crippen LogP contribution is -2.05. The Hall–Kier alpha value is -0.140. The van der Waals surface area contributed by atoms with Gasteiger partial charge in [0.05, 0.1) is 0 Å². The first-order valence-corrected chi connectivity index (χ1v) is 7.00. The molecule has 1 aromatic rings. The van der Waals surface area contributed by atoms with Gasteiger partial charge >= 0.3 is 0 Å². The summed E-state index contributed by atoms with van der Waals surface area (Å²) in [5.41, 5.74) is 1.52. The van der Waals surface area contributed by atoms with Crippen LogP contribution in [0.15, 0.2) is 29.2 Å². The maximum absolute atomic E-state index is 6.15. The highest BCUT2D eigenvalue weighted by atomic mass is 35.5. The predicted molar refractivity (Wildman–Crippen MR) is 69.0 cm³/mol. The van der Waals surface area contributed by atoms with Gasteiger partial charge in [-0.05, 0) is 37.3 Å². The second-order valence-electron chi connectivity index (χ2n) is 4.13. The Labute approximate surface area is 101 Å². The minimum Gasteiger partial charge on any atom is -0.123 e.